The number of piperazine rings is 1. The van der Waals surface area contributed by atoms with E-state index in [-0.39, 0.29) is 24.0 Å². The summed E-state index contributed by atoms with van der Waals surface area (Å²) in [4.78, 5) is 18.0. The van der Waals surface area contributed by atoms with Gasteiger partial charge in [0.15, 0.2) is 5.96 Å². The number of rotatable bonds is 11. The summed E-state index contributed by atoms with van der Waals surface area (Å²) in [7, 11) is 0. The Labute approximate surface area is 186 Å². The number of hydrogen-bond acceptors (Lipinski definition) is 6. The molecule has 0 radical (unpaired) electrons. The van der Waals surface area contributed by atoms with Crippen LogP contribution in [0.5, 0.6) is 0 Å². The minimum absolute atomic E-state index is 0. The van der Waals surface area contributed by atoms with Gasteiger partial charge in [0, 0.05) is 78.0 Å². The third-order valence-corrected chi connectivity index (χ3v) is 4.44. The Bertz CT molecular complexity index is 524. The van der Waals surface area contributed by atoms with Crippen LogP contribution in [-0.2, 0) is 4.74 Å². The van der Waals surface area contributed by atoms with Gasteiger partial charge in [-0.05, 0) is 32.8 Å². The number of nitrogens with zero attached hydrogens (tertiary/aromatic N) is 5. The molecule has 160 valence electrons. The quantitative estimate of drug-likeness (QED) is 0.205. The van der Waals surface area contributed by atoms with Gasteiger partial charge in [-0.1, -0.05) is 0 Å². The molecule has 1 fully saturated rings. The average molecular weight is 505 g/mol. The van der Waals surface area contributed by atoms with Crippen molar-refractivity contribution in [2.24, 2.45) is 4.99 Å². The molecule has 1 aliphatic rings. The molecule has 9 heteroatoms. The zero-order valence-corrected chi connectivity index (χ0v) is 19.6. The van der Waals surface area contributed by atoms with Crippen LogP contribution in [-0.4, -0.2) is 86.4 Å². The van der Waals surface area contributed by atoms with Crippen LogP contribution in [0.1, 0.15) is 26.7 Å². The number of aromatic nitrogens is 2. The second-order valence-corrected chi connectivity index (χ2v) is 6.47. The van der Waals surface area contributed by atoms with Crippen LogP contribution in [0, 0.1) is 0 Å². The van der Waals surface area contributed by atoms with Gasteiger partial charge in [0.1, 0.15) is 0 Å². The standard InChI is InChI=1S/C19H35N7O.HI/c1-3-20-18(21-8-5-6-17-27-4-2)22-11-12-25-13-15-26(16-14-25)19-23-9-7-10-24-19;/h7,9-10H,3-6,8,11-17H2,1-2H3,(H2,20,21,22);1H. The molecule has 1 aliphatic heterocycles. The molecule has 2 heterocycles. The van der Waals surface area contributed by atoms with Crippen LogP contribution in [0.15, 0.2) is 23.5 Å². The topological polar surface area (TPSA) is 77.9 Å². The first-order valence-corrected chi connectivity index (χ1v) is 10.2. The third-order valence-electron chi connectivity index (χ3n) is 4.44. The highest BCUT2D eigenvalue weighted by molar-refractivity contribution is 14.0. The highest BCUT2D eigenvalue weighted by atomic mass is 127. The summed E-state index contributed by atoms with van der Waals surface area (Å²) in [6.45, 7) is 13.4. The second-order valence-electron chi connectivity index (χ2n) is 6.47. The van der Waals surface area contributed by atoms with Crippen LogP contribution in [0.4, 0.5) is 5.95 Å². The molecule has 1 aromatic heterocycles. The summed E-state index contributed by atoms with van der Waals surface area (Å²) < 4.78 is 5.36. The van der Waals surface area contributed by atoms with Gasteiger partial charge >= 0.3 is 0 Å². The number of nitrogens with one attached hydrogen (secondary N) is 2. The van der Waals surface area contributed by atoms with E-state index in [9.17, 15) is 0 Å². The summed E-state index contributed by atoms with van der Waals surface area (Å²) in [5, 5.41) is 6.76. The number of unbranched alkanes of at least 4 members (excludes halogenated alkanes) is 1. The van der Waals surface area contributed by atoms with Gasteiger partial charge in [0.2, 0.25) is 5.95 Å². The van der Waals surface area contributed by atoms with Gasteiger partial charge in [0.25, 0.3) is 0 Å². The van der Waals surface area contributed by atoms with Crippen molar-refractivity contribution < 1.29 is 4.74 Å². The normalized spacial score (nSPS) is 15.2. The fraction of sp³-hybridized carbons (Fsp3) is 0.737. The van der Waals surface area contributed by atoms with E-state index < -0.39 is 0 Å². The first-order chi connectivity index (χ1) is 13.3. The zero-order chi connectivity index (χ0) is 19.2. The summed E-state index contributed by atoms with van der Waals surface area (Å²) in [6.07, 6.45) is 5.72. The predicted octanol–water partition coefficient (Wildman–Crippen LogP) is 1.59. The summed E-state index contributed by atoms with van der Waals surface area (Å²) >= 11 is 0. The summed E-state index contributed by atoms with van der Waals surface area (Å²) in [5.74, 6) is 1.74. The number of ether oxygens (including phenoxy) is 1. The summed E-state index contributed by atoms with van der Waals surface area (Å²) in [6, 6.07) is 1.86. The molecule has 0 aliphatic carbocycles. The Morgan fingerprint density at radius 3 is 2.54 bits per heavy atom. The van der Waals surface area contributed by atoms with E-state index in [2.05, 4.69) is 42.3 Å². The Morgan fingerprint density at radius 2 is 1.86 bits per heavy atom. The molecule has 0 bridgehead atoms. The van der Waals surface area contributed by atoms with Crippen LogP contribution >= 0.6 is 24.0 Å². The van der Waals surface area contributed by atoms with E-state index >= 15 is 0 Å². The number of hydrogen-bond donors (Lipinski definition) is 2. The molecule has 1 saturated heterocycles. The van der Waals surface area contributed by atoms with Crippen molar-refractivity contribution >= 4 is 35.9 Å². The SMILES string of the molecule is CCNC(=NCCCCOCC)NCCN1CCN(c2ncccn2)CC1.I. The van der Waals surface area contributed by atoms with E-state index in [0.29, 0.717) is 0 Å². The van der Waals surface area contributed by atoms with Crippen molar-refractivity contribution in [3.63, 3.8) is 0 Å². The number of halogens is 1. The van der Waals surface area contributed by atoms with Gasteiger partial charge in [-0.3, -0.25) is 9.89 Å². The Morgan fingerprint density at radius 1 is 1.11 bits per heavy atom. The number of guanidine groups is 1. The van der Waals surface area contributed by atoms with Gasteiger partial charge in [-0.15, -0.1) is 24.0 Å². The fourth-order valence-corrected chi connectivity index (χ4v) is 2.95. The lowest BCUT2D eigenvalue weighted by atomic mass is 10.3. The minimum atomic E-state index is 0. The fourth-order valence-electron chi connectivity index (χ4n) is 2.95. The monoisotopic (exact) mass is 505 g/mol. The largest absolute Gasteiger partial charge is 0.382 e. The maximum Gasteiger partial charge on any atom is 0.225 e. The molecule has 0 saturated carbocycles. The maximum absolute atomic E-state index is 5.36. The predicted molar refractivity (Wildman–Crippen MR) is 126 cm³/mol. The van der Waals surface area contributed by atoms with E-state index in [1.807, 2.05) is 13.0 Å². The Hall–Kier alpha value is -1.20. The van der Waals surface area contributed by atoms with Gasteiger partial charge in [0.05, 0.1) is 0 Å². The molecule has 2 N–H and O–H groups in total. The lowest BCUT2D eigenvalue weighted by Crippen LogP contribution is -2.49. The first kappa shape index (κ1) is 24.8. The molecular weight excluding hydrogens is 469 g/mol. The molecule has 0 unspecified atom stereocenters. The first-order valence-electron chi connectivity index (χ1n) is 10.2. The molecule has 0 aromatic carbocycles. The maximum atomic E-state index is 5.36. The molecule has 0 amide bonds. The zero-order valence-electron chi connectivity index (χ0n) is 17.3. The van der Waals surface area contributed by atoms with Crippen LogP contribution in [0.2, 0.25) is 0 Å². The highest BCUT2D eigenvalue weighted by Gasteiger charge is 2.18. The van der Waals surface area contributed by atoms with E-state index in [1.54, 1.807) is 12.4 Å². The molecule has 0 atom stereocenters. The van der Waals surface area contributed by atoms with Gasteiger partial charge in [-0.25, -0.2) is 9.97 Å². The Kier molecular flexibility index (Phi) is 13.9. The lowest BCUT2D eigenvalue weighted by molar-refractivity contribution is 0.144. The molecule has 0 spiro atoms. The smallest absolute Gasteiger partial charge is 0.225 e. The van der Waals surface area contributed by atoms with Gasteiger partial charge in [-0.2, -0.15) is 0 Å². The molecule has 2 rings (SSSR count). The van der Waals surface area contributed by atoms with Crippen molar-refractivity contribution in [1.82, 2.24) is 25.5 Å². The van der Waals surface area contributed by atoms with Crippen molar-refractivity contribution in [3.8, 4) is 0 Å². The molecule has 28 heavy (non-hydrogen) atoms. The third kappa shape index (κ3) is 9.83. The summed E-state index contributed by atoms with van der Waals surface area (Å²) in [5.41, 5.74) is 0. The van der Waals surface area contributed by atoms with Crippen molar-refractivity contribution in [3.05, 3.63) is 18.5 Å². The van der Waals surface area contributed by atoms with Crippen molar-refractivity contribution in [1.29, 1.82) is 0 Å². The van der Waals surface area contributed by atoms with Crippen LogP contribution in [0.3, 0.4) is 0 Å². The average Bonchev–Trinajstić information content (AvgIpc) is 2.72. The minimum Gasteiger partial charge on any atom is -0.382 e. The molecule has 1 aromatic rings. The number of aliphatic imine (C=N–C) groups is 1. The van der Waals surface area contributed by atoms with Crippen LogP contribution < -0.4 is 15.5 Å². The van der Waals surface area contributed by atoms with E-state index in [4.69, 9.17) is 4.74 Å². The van der Waals surface area contributed by atoms with Crippen LogP contribution in [0.25, 0.3) is 0 Å². The van der Waals surface area contributed by atoms with E-state index in [0.717, 1.165) is 90.3 Å². The molecule has 8 nitrogen and oxygen atoms in total. The van der Waals surface area contributed by atoms with Crippen molar-refractivity contribution in [2.75, 3.05) is 70.5 Å². The van der Waals surface area contributed by atoms with Crippen molar-refractivity contribution in [2.45, 2.75) is 26.7 Å². The number of anilines is 1. The molecular formula is C19H36IN7O. The second kappa shape index (κ2) is 15.7. The van der Waals surface area contributed by atoms with Gasteiger partial charge < -0.3 is 20.3 Å². The highest BCUT2D eigenvalue weighted by Crippen LogP contribution is 2.08. The Balaban J connectivity index is 0.00000392. The lowest BCUT2D eigenvalue weighted by Gasteiger charge is -2.34. The van der Waals surface area contributed by atoms with E-state index in [1.165, 1.54) is 0 Å².